The van der Waals surface area contributed by atoms with Gasteiger partial charge in [-0.15, -0.1) is 0 Å². The van der Waals surface area contributed by atoms with Crippen molar-refractivity contribution in [3.63, 3.8) is 0 Å². The van der Waals surface area contributed by atoms with Gasteiger partial charge in [-0.25, -0.2) is 18.1 Å². The predicted octanol–water partition coefficient (Wildman–Crippen LogP) is 3.82. The van der Waals surface area contributed by atoms with Crippen LogP contribution in [0.4, 0.5) is 5.69 Å². The number of carbonyl (C=O) groups is 1. The summed E-state index contributed by atoms with van der Waals surface area (Å²) in [6, 6.07) is 15.5. The Bertz CT molecular complexity index is 1040. The average molecular weight is 400 g/mol. The number of aromatic nitrogens is 1. The van der Waals surface area contributed by atoms with Gasteiger partial charge in [0.1, 0.15) is 0 Å². The number of rotatable bonds is 8. The Morgan fingerprint density at radius 2 is 1.54 bits per heavy atom. The lowest BCUT2D eigenvalue weighted by Gasteiger charge is -2.12. The van der Waals surface area contributed by atoms with Crippen LogP contribution in [-0.4, -0.2) is 31.1 Å². The quantitative estimate of drug-likeness (QED) is 0.445. The van der Waals surface area contributed by atoms with Crippen molar-refractivity contribution in [3.8, 4) is 0 Å². The maximum Gasteiger partial charge on any atom is 0.224 e. The zero-order valence-corrected chi connectivity index (χ0v) is 16.9. The molecule has 1 heterocycles. The van der Waals surface area contributed by atoms with Crippen molar-refractivity contribution in [2.24, 2.45) is 0 Å². The molecule has 0 atom stereocenters. The lowest BCUT2D eigenvalue weighted by Crippen LogP contribution is -2.31. The fourth-order valence-electron chi connectivity index (χ4n) is 2.97. The van der Waals surface area contributed by atoms with E-state index in [4.69, 9.17) is 0 Å². The van der Waals surface area contributed by atoms with Crippen molar-refractivity contribution in [1.29, 1.82) is 0 Å². The number of amides is 1. The number of benzene rings is 2. The molecule has 0 spiro atoms. The molecule has 1 aromatic heterocycles. The third-order valence-electron chi connectivity index (χ3n) is 4.61. The molecule has 0 bridgehead atoms. The van der Waals surface area contributed by atoms with Gasteiger partial charge >= 0.3 is 0 Å². The largest absolute Gasteiger partial charge is 0.325 e. The van der Waals surface area contributed by atoms with E-state index in [1.165, 1.54) is 0 Å². The van der Waals surface area contributed by atoms with Crippen LogP contribution < -0.4 is 10.0 Å². The minimum absolute atomic E-state index is 0.0896. The van der Waals surface area contributed by atoms with Gasteiger partial charge in [0.05, 0.1) is 22.0 Å². The van der Waals surface area contributed by atoms with Crippen molar-refractivity contribution in [2.75, 3.05) is 11.9 Å². The third-order valence-corrected chi connectivity index (χ3v) is 6.45. The fraction of sp³-hybridized carbons (Fsp3) is 0.333. The van der Waals surface area contributed by atoms with E-state index in [0.717, 1.165) is 27.5 Å². The maximum absolute atomic E-state index is 12.5. The highest BCUT2D eigenvalue weighted by Gasteiger charge is 2.15. The first-order chi connectivity index (χ1) is 13.4. The van der Waals surface area contributed by atoms with Gasteiger partial charge in [-0.1, -0.05) is 36.4 Å². The Balaban J connectivity index is 1.66. The standard InChI is InChI=1S/C21H25N3O3S/c1-15(2)28(26,27)22-14-8-7-13-20(25)24-21-16-9-3-5-11-18(16)23-19-12-6-4-10-17(19)21/h3-6,9-12,15,22H,7-8,13-14H2,1-2H3,(H,23,24,25). The summed E-state index contributed by atoms with van der Waals surface area (Å²) >= 11 is 0. The molecule has 0 unspecified atom stereocenters. The average Bonchev–Trinajstić information content (AvgIpc) is 2.67. The Morgan fingerprint density at radius 1 is 0.964 bits per heavy atom. The zero-order chi connectivity index (χ0) is 20.1. The van der Waals surface area contributed by atoms with Crippen LogP contribution in [-0.2, 0) is 14.8 Å². The van der Waals surface area contributed by atoms with E-state index in [9.17, 15) is 13.2 Å². The summed E-state index contributed by atoms with van der Waals surface area (Å²) in [5, 5.41) is 4.39. The smallest absolute Gasteiger partial charge is 0.224 e. The molecule has 2 N–H and O–H groups in total. The Labute approximate surface area is 165 Å². The molecule has 0 fully saturated rings. The normalized spacial score (nSPS) is 12.0. The Morgan fingerprint density at radius 3 is 2.11 bits per heavy atom. The van der Waals surface area contributed by atoms with E-state index in [1.807, 2.05) is 48.5 Å². The molecule has 0 radical (unpaired) electrons. The van der Waals surface area contributed by atoms with E-state index in [1.54, 1.807) is 13.8 Å². The molecule has 0 saturated carbocycles. The van der Waals surface area contributed by atoms with E-state index in [-0.39, 0.29) is 5.91 Å². The number of fused-ring (bicyclic) bond motifs is 2. The van der Waals surface area contributed by atoms with Crippen LogP contribution in [0.15, 0.2) is 48.5 Å². The number of nitrogens with one attached hydrogen (secondary N) is 2. The number of hydrogen-bond donors (Lipinski definition) is 2. The van der Waals surface area contributed by atoms with Crippen LogP contribution in [0.5, 0.6) is 0 Å². The number of hydrogen-bond acceptors (Lipinski definition) is 4. The van der Waals surface area contributed by atoms with Crippen LogP contribution in [0.25, 0.3) is 21.8 Å². The van der Waals surface area contributed by atoms with Crippen molar-refractivity contribution < 1.29 is 13.2 Å². The molecular weight excluding hydrogens is 374 g/mol. The van der Waals surface area contributed by atoms with Crippen LogP contribution in [0, 0.1) is 0 Å². The lowest BCUT2D eigenvalue weighted by atomic mass is 10.1. The van der Waals surface area contributed by atoms with Crippen LogP contribution in [0.3, 0.4) is 0 Å². The van der Waals surface area contributed by atoms with E-state index in [2.05, 4.69) is 15.0 Å². The van der Waals surface area contributed by atoms with E-state index in [0.29, 0.717) is 25.8 Å². The molecule has 3 rings (SSSR count). The topological polar surface area (TPSA) is 88.2 Å². The minimum Gasteiger partial charge on any atom is -0.325 e. The molecule has 0 aliphatic rings. The van der Waals surface area contributed by atoms with Crippen LogP contribution in [0.1, 0.15) is 33.1 Å². The Kier molecular flexibility index (Phi) is 6.26. The molecule has 6 nitrogen and oxygen atoms in total. The first-order valence-electron chi connectivity index (χ1n) is 9.44. The van der Waals surface area contributed by atoms with Crippen molar-refractivity contribution in [2.45, 2.75) is 38.4 Å². The molecule has 1 amide bonds. The van der Waals surface area contributed by atoms with Gasteiger partial charge in [0.15, 0.2) is 0 Å². The second-order valence-electron chi connectivity index (χ2n) is 7.01. The molecular formula is C21H25N3O3S. The molecule has 2 aromatic carbocycles. The number of nitrogens with zero attached hydrogens (tertiary/aromatic N) is 1. The highest BCUT2D eigenvalue weighted by Crippen LogP contribution is 2.30. The summed E-state index contributed by atoms with van der Waals surface area (Å²) in [4.78, 5) is 17.2. The number of unbranched alkanes of at least 4 members (excludes halogenated alkanes) is 1. The first kappa shape index (κ1) is 20.2. The SMILES string of the molecule is CC(C)S(=O)(=O)NCCCCC(=O)Nc1c2ccccc2nc2ccccc12. The van der Waals surface area contributed by atoms with Gasteiger partial charge in [-0.3, -0.25) is 4.79 Å². The van der Waals surface area contributed by atoms with Gasteiger partial charge in [-0.2, -0.15) is 0 Å². The van der Waals surface area contributed by atoms with Crippen molar-refractivity contribution in [1.82, 2.24) is 9.71 Å². The molecule has 3 aromatic rings. The summed E-state index contributed by atoms with van der Waals surface area (Å²) in [7, 11) is -3.25. The van der Waals surface area contributed by atoms with Gasteiger partial charge in [0.2, 0.25) is 15.9 Å². The highest BCUT2D eigenvalue weighted by molar-refractivity contribution is 7.90. The number of pyridine rings is 1. The summed E-state index contributed by atoms with van der Waals surface area (Å²) in [5.41, 5.74) is 2.44. The lowest BCUT2D eigenvalue weighted by molar-refractivity contribution is -0.116. The minimum atomic E-state index is -3.25. The van der Waals surface area contributed by atoms with Crippen LogP contribution >= 0.6 is 0 Å². The van der Waals surface area contributed by atoms with Gasteiger partial charge in [0, 0.05) is 23.7 Å². The summed E-state index contributed by atoms with van der Waals surface area (Å²) < 4.78 is 26.0. The zero-order valence-electron chi connectivity index (χ0n) is 16.1. The highest BCUT2D eigenvalue weighted by atomic mass is 32.2. The number of sulfonamides is 1. The summed E-state index contributed by atoms with van der Waals surface area (Å²) in [6.45, 7) is 3.62. The number of anilines is 1. The predicted molar refractivity (Wildman–Crippen MR) is 114 cm³/mol. The molecule has 0 saturated heterocycles. The first-order valence-corrected chi connectivity index (χ1v) is 11.0. The van der Waals surface area contributed by atoms with Gasteiger partial charge in [0.25, 0.3) is 0 Å². The summed E-state index contributed by atoms with van der Waals surface area (Å²) in [5.74, 6) is -0.0896. The third kappa shape index (κ3) is 4.66. The van der Waals surface area contributed by atoms with E-state index < -0.39 is 15.3 Å². The molecule has 0 aliphatic heterocycles. The second-order valence-corrected chi connectivity index (χ2v) is 9.34. The molecule has 0 aliphatic carbocycles. The van der Waals surface area contributed by atoms with Gasteiger partial charge < -0.3 is 5.32 Å². The summed E-state index contributed by atoms with van der Waals surface area (Å²) in [6.07, 6.45) is 1.54. The van der Waals surface area contributed by atoms with Crippen molar-refractivity contribution >= 4 is 43.4 Å². The fourth-order valence-corrected chi connectivity index (χ4v) is 3.73. The monoisotopic (exact) mass is 399 g/mol. The Hall–Kier alpha value is -2.51. The molecule has 148 valence electrons. The van der Waals surface area contributed by atoms with E-state index >= 15 is 0 Å². The second kappa shape index (κ2) is 8.67. The molecule has 7 heteroatoms. The van der Waals surface area contributed by atoms with Crippen LogP contribution in [0.2, 0.25) is 0 Å². The van der Waals surface area contributed by atoms with Gasteiger partial charge in [-0.05, 0) is 38.8 Å². The molecule has 28 heavy (non-hydrogen) atoms. The van der Waals surface area contributed by atoms with Crippen molar-refractivity contribution in [3.05, 3.63) is 48.5 Å². The number of para-hydroxylation sites is 2. The maximum atomic E-state index is 12.5. The number of carbonyl (C=O) groups excluding carboxylic acids is 1.